The highest BCUT2D eigenvalue weighted by Crippen LogP contribution is 2.14. The van der Waals surface area contributed by atoms with Crippen molar-refractivity contribution in [2.75, 3.05) is 5.88 Å². The SMILES string of the molecule is CCC(CCl)NC(=O)c1ccc(Br)o1. The first-order valence-electron chi connectivity index (χ1n) is 4.29. The third kappa shape index (κ3) is 3.03. The summed E-state index contributed by atoms with van der Waals surface area (Å²) in [6.07, 6.45) is 0.803. The molecule has 1 atom stereocenters. The second-order valence-electron chi connectivity index (χ2n) is 2.84. The maximum absolute atomic E-state index is 11.5. The highest BCUT2D eigenvalue weighted by molar-refractivity contribution is 9.10. The predicted molar refractivity (Wildman–Crippen MR) is 58.7 cm³/mol. The van der Waals surface area contributed by atoms with Crippen LogP contribution in [0.3, 0.4) is 0 Å². The Morgan fingerprint density at radius 2 is 2.43 bits per heavy atom. The van der Waals surface area contributed by atoms with Gasteiger partial charge < -0.3 is 9.73 Å². The zero-order valence-electron chi connectivity index (χ0n) is 7.72. The average Bonchev–Trinajstić information content (AvgIpc) is 2.61. The highest BCUT2D eigenvalue weighted by atomic mass is 79.9. The van der Waals surface area contributed by atoms with Gasteiger partial charge in [-0.3, -0.25) is 4.79 Å². The number of nitrogens with one attached hydrogen (secondary N) is 1. The van der Waals surface area contributed by atoms with Crippen LogP contribution in [0.25, 0.3) is 0 Å². The molecule has 1 unspecified atom stereocenters. The first-order valence-corrected chi connectivity index (χ1v) is 5.62. The second kappa shape index (κ2) is 5.41. The molecule has 1 amide bonds. The fourth-order valence-corrected chi connectivity index (χ4v) is 1.54. The molecule has 0 radical (unpaired) electrons. The zero-order valence-corrected chi connectivity index (χ0v) is 10.1. The van der Waals surface area contributed by atoms with E-state index in [4.69, 9.17) is 16.0 Å². The van der Waals surface area contributed by atoms with Crippen LogP contribution in [0, 0.1) is 0 Å². The van der Waals surface area contributed by atoms with Crippen LogP contribution in [-0.4, -0.2) is 17.8 Å². The molecule has 14 heavy (non-hydrogen) atoms. The van der Waals surface area contributed by atoms with Crippen LogP contribution in [0.2, 0.25) is 0 Å². The van der Waals surface area contributed by atoms with Crippen molar-refractivity contribution in [3.8, 4) is 0 Å². The van der Waals surface area contributed by atoms with E-state index in [1.165, 1.54) is 0 Å². The summed E-state index contributed by atoms with van der Waals surface area (Å²) in [5.41, 5.74) is 0. The molecule has 0 saturated carbocycles. The van der Waals surface area contributed by atoms with E-state index >= 15 is 0 Å². The number of halogens is 2. The summed E-state index contributed by atoms with van der Waals surface area (Å²) in [5.74, 6) is 0.466. The Bertz CT molecular complexity index is 310. The zero-order chi connectivity index (χ0) is 10.6. The minimum Gasteiger partial charge on any atom is -0.444 e. The number of alkyl halides is 1. The molecule has 0 aliphatic heterocycles. The van der Waals surface area contributed by atoms with Gasteiger partial charge in [-0.25, -0.2) is 0 Å². The highest BCUT2D eigenvalue weighted by Gasteiger charge is 2.13. The van der Waals surface area contributed by atoms with Crippen molar-refractivity contribution in [1.29, 1.82) is 0 Å². The Morgan fingerprint density at radius 1 is 1.71 bits per heavy atom. The third-order valence-electron chi connectivity index (χ3n) is 1.81. The van der Waals surface area contributed by atoms with Gasteiger partial charge in [0.05, 0.1) is 0 Å². The van der Waals surface area contributed by atoms with Gasteiger partial charge in [-0.05, 0) is 34.5 Å². The van der Waals surface area contributed by atoms with Crippen molar-refractivity contribution in [3.05, 3.63) is 22.6 Å². The molecule has 1 rings (SSSR count). The molecular weight excluding hydrogens is 269 g/mol. The monoisotopic (exact) mass is 279 g/mol. The van der Waals surface area contributed by atoms with Gasteiger partial charge >= 0.3 is 0 Å². The Hall–Kier alpha value is -0.480. The van der Waals surface area contributed by atoms with Crippen LogP contribution >= 0.6 is 27.5 Å². The summed E-state index contributed by atoms with van der Waals surface area (Å²) < 4.78 is 5.64. The van der Waals surface area contributed by atoms with Crippen molar-refractivity contribution in [2.45, 2.75) is 19.4 Å². The van der Waals surface area contributed by atoms with Crippen molar-refractivity contribution in [1.82, 2.24) is 5.32 Å². The van der Waals surface area contributed by atoms with Crippen molar-refractivity contribution < 1.29 is 9.21 Å². The van der Waals surface area contributed by atoms with E-state index in [1.54, 1.807) is 12.1 Å². The quantitative estimate of drug-likeness (QED) is 0.862. The Balaban J connectivity index is 2.58. The summed E-state index contributed by atoms with van der Waals surface area (Å²) in [6, 6.07) is 3.28. The van der Waals surface area contributed by atoms with Gasteiger partial charge in [-0.2, -0.15) is 0 Å². The smallest absolute Gasteiger partial charge is 0.287 e. The average molecular weight is 281 g/mol. The molecule has 0 saturated heterocycles. The lowest BCUT2D eigenvalue weighted by Crippen LogP contribution is -2.35. The van der Waals surface area contributed by atoms with Gasteiger partial charge in [0, 0.05) is 11.9 Å². The van der Waals surface area contributed by atoms with Gasteiger partial charge in [0.25, 0.3) is 5.91 Å². The van der Waals surface area contributed by atoms with E-state index in [0.29, 0.717) is 16.3 Å². The maximum Gasteiger partial charge on any atom is 0.287 e. The number of furan rings is 1. The Morgan fingerprint density at radius 3 is 2.86 bits per heavy atom. The summed E-state index contributed by atoms with van der Waals surface area (Å²) in [7, 11) is 0. The number of carbonyl (C=O) groups is 1. The molecule has 1 N–H and O–H groups in total. The molecule has 0 aromatic carbocycles. The lowest BCUT2D eigenvalue weighted by Gasteiger charge is -2.11. The normalized spacial score (nSPS) is 12.5. The molecule has 5 heteroatoms. The first-order chi connectivity index (χ1) is 6.67. The summed E-state index contributed by atoms with van der Waals surface area (Å²) >= 11 is 8.78. The number of rotatable bonds is 4. The topological polar surface area (TPSA) is 42.2 Å². The second-order valence-corrected chi connectivity index (χ2v) is 3.93. The van der Waals surface area contributed by atoms with E-state index in [0.717, 1.165) is 6.42 Å². The minimum absolute atomic E-state index is 0.00644. The lowest BCUT2D eigenvalue weighted by atomic mass is 10.2. The van der Waals surface area contributed by atoms with Crippen LogP contribution in [0.15, 0.2) is 21.2 Å². The van der Waals surface area contributed by atoms with Crippen molar-refractivity contribution in [3.63, 3.8) is 0 Å². The van der Waals surface area contributed by atoms with Crippen LogP contribution in [0.1, 0.15) is 23.9 Å². The van der Waals surface area contributed by atoms with Crippen LogP contribution in [0.5, 0.6) is 0 Å². The van der Waals surface area contributed by atoms with E-state index < -0.39 is 0 Å². The fourth-order valence-electron chi connectivity index (χ4n) is 0.943. The molecule has 0 aliphatic carbocycles. The van der Waals surface area contributed by atoms with Gasteiger partial charge in [0.15, 0.2) is 10.4 Å². The van der Waals surface area contributed by atoms with E-state index in [1.807, 2.05) is 6.92 Å². The van der Waals surface area contributed by atoms with Crippen molar-refractivity contribution >= 4 is 33.4 Å². The molecule has 3 nitrogen and oxygen atoms in total. The number of hydrogen-bond acceptors (Lipinski definition) is 2. The summed E-state index contributed by atoms with van der Waals surface area (Å²) in [5, 5.41) is 2.76. The van der Waals surface area contributed by atoms with Gasteiger partial charge in [0.1, 0.15) is 0 Å². The molecule has 78 valence electrons. The van der Waals surface area contributed by atoms with Crippen LogP contribution < -0.4 is 5.32 Å². The molecular formula is C9H11BrClNO2. The molecule has 1 heterocycles. The molecule has 0 spiro atoms. The number of carbonyl (C=O) groups excluding carboxylic acids is 1. The minimum atomic E-state index is -0.233. The van der Waals surface area contributed by atoms with Crippen molar-refractivity contribution in [2.24, 2.45) is 0 Å². The van der Waals surface area contributed by atoms with Crippen LogP contribution in [-0.2, 0) is 0 Å². The van der Waals surface area contributed by atoms with E-state index in [9.17, 15) is 4.79 Å². The number of hydrogen-bond donors (Lipinski definition) is 1. The molecule has 1 aromatic heterocycles. The van der Waals surface area contributed by atoms with Crippen LogP contribution in [0.4, 0.5) is 0 Å². The lowest BCUT2D eigenvalue weighted by molar-refractivity contribution is 0.0910. The van der Waals surface area contributed by atoms with Gasteiger partial charge in [0.2, 0.25) is 0 Å². The van der Waals surface area contributed by atoms with E-state index in [-0.39, 0.29) is 11.9 Å². The first kappa shape index (κ1) is 11.6. The molecule has 0 fully saturated rings. The predicted octanol–water partition coefficient (Wildman–Crippen LogP) is 2.79. The summed E-state index contributed by atoms with van der Waals surface area (Å²) in [6.45, 7) is 1.96. The molecule has 0 bridgehead atoms. The third-order valence-corrected chi connectivity index (χ3v) is 2.61. The van der Waals surface area contributed by atoms with Gasteiger partial charge in [-0.1, -0.05) is 6.92 Å². The van der Waals surface area contributed by atoms with Gasteiger partial charge in [-0.15, -0.1) is 11.6 Å². The molecule has 1 aromatic rings. The maximum atomic E-state index is 11.5. The number of amides is 1. The Kier molecular flexibility index (Phi) is 4.48. The Labute approximate surface area is 95.9 Å². The molecule has 0 aliphatic rings. The van der Waals surface area contributed by atoms with E-state index in [2.05, 4.69) is 21.2 Å². The largest absolute Gasteiger partial charge is 0.444 e. The standard InChI is InChI=1S/C9H11BrClNO2/c1-2-6(5-11)12-9(13)7-3-4-8(10)14-7/h3-4,6H,2,5H2,1H3,(H,12,13). The summed E-state index contributed by atoms with van der Waals surface area (Å²) in [4.78, 5) is 11.5. The fraction of sp³-hybridized carbons (Fsp3) is 0.444.